The topological polar surface area (TPSA) is 43.3 Å². The lowest BCUT2D eigenvalue weighted by Gasteiger charge is -1.75. The molecule has 0 amide bonds. The van der Waals surface area contributed by atoms with E-state index in [0.717, 1.165) is 5.56 Å². The number of nitrogens with zero attached hydrogens (tertiary/aromatic N) is 3. The highest BCUT2D eigenvalue weighted by Crippen LogP contribution is 2.07. The van der Waals surface area contributed by atoms with Gasteiger partial charge in [-0.1, -0.05) is 17.3 Å². The van der Waals surface area contributed by atoms with Crippen molar-refractivity contribution >= 4 is 11.7 Å². The van der Waals surface area contributed by atoms with Crippen molar-refractivity contribution in [2.75, 3.05) is 0 Å². The fourth-order valence-corrected chi connectivity index (χ4v) is 0.801. The minimum atomic E-state index is 0.704. The van der Waals surface area contributed by atoms with E-state index >= 15 is 0 Å². The molecule has 2 aromatic rings. The van der Waals surface area contributed by atoms with E-state index < -0.39 is 0 Å². The Labute approximate surface area is 56.7 Å². The van der Waals surface area contributed by atoms with Gasteiger partial charge in [0.25, 0.3) is 0 Å². The van der Waals surface area contributed by atoms with E-state index in [-0.39, 0.29) is 0 Å². The monoisotopic (exact) mass is 135 g/mol. The van der Waals surface area contributed by atoms with Crippen LogP contribution in [0.15, 0.2) is 23.7 Å². The van der Waals surface area contributed by atoms with Crippen molar-refractivity contribution < 1.29 is 4.52 Å². The summed E-state index contributed by atoms with van der Waals surface area (Å²) in [5.41, 5.74) is 1.59. The van der Waals surface area contributed by atoms with Crippen molar-refractivity contribution in [1.82, 2.24) is 14.8 Å². The van der Waals surface area contributed by atoms with E-state index in [0.29, 0.717) is 5.65 Å². The largest absolute Gasteiger partial charge is 0.344 e. The van der Waals surface area contributed by atoms with Crippen LogP contribution in [0.25, 0.3) is 11.7 Å². The molecule has 0 N–H and O–H groups in total. The lowest BCUT2D eigenvalue weighted by Crippen LogP contribution is -1.76. The van der Waals surface area contributed by atoms with Crippen LogP contribution in [0, 0.1) is 0 Å². The van der Waals surface area contributed by atoms with Gasteiger partial charge in [-0.25, -0.2) is 0 Å². The van der Waals surface area contributed by atoms with Gasteiger partial charge < -0.3 is 4.52 Å². The quantitative estimate of drug-likeness (QED) is 0.585. The van der Waals surface area contributed by atoms with Gasteiger partial charge in [-0.05, 0) is 0 Å². The molecule has 0 aromatic carbocycles. The van der Waals surface area contributed by atoms with E-state index in [2.05, 4.69) is 16.7 Å². The first-order chi connectivity index (χ1) is 4.92. The van der Waals surface area contributed by atoms with Crippen molar-refractivity contribution in [3.63, 3.8) is 0 Å². The van der Waals surface area contributed by atoms with E-state index in [9.17, 15) is 0 Å². The molecule has 0 bridgehead atoms. The zero-order valence-corrected chi connectivity index (χ0v) is 5.19. The molecular formula is C6H5N3O. The number of rotatable bonds is 1. The Bertz CT molecular complexity index is 360. The molecule has 4 heteroatoms. The van der Waals surface area contributed by atoms with E-state index in [1.807, 2.05) is 0 Å². The van der Waals surface area contributed by atoms with Crippen molar-refractivity contribution in [2.24, 2.45) is 0 Å². The predicted molar refractivity (Wildman–Crippen MR) is 35.3 cm³/mol. The first-order valence-electron chi connectivity index (χ1n) is 2.82. The van der Waals surface area contributed by atoms with E-state index in [1.165, 1.54) is 11.1 Å². The van der Waals surface area contributed by atoms with Gasteiger partial charge in [-0.3, -0.25) is 0 Å². The Morgan fingerprint density at radius 1 is 1.70 bits per heavy atom. The summed E-state index contributed by atoms with van der Waals surface area (Å²) in [5.74, 6) is 0. The number of fused-ring (bicyclic) bond motifs is 1. The normalized spacial score (nSPS) is 10.4. The maximum absolute atomic E-state index is 4.85. The third-order valence-electron chi connectivity index (χ3n) is 1.28. The van der Waals surface area contributed by atoms with Crippen molar-refractivity contribution in [3.05, 3.63) is 24.7 Å². The third-order valence-corrected chi connectivity index (χ3v) is 1.28. The second kappa shape index (κ2) is 1.70. The second-order valence-electron chi connectivity index (χ2n) is 1.84. The van der Waals surface area contributed by atoms with Crippen LogP contribution in [-0.2, 0) is 0 Å². The summed E-state index contributed by atoms with van der Waals surface area (Å²) in [6.07, 6.45) is 4.68. The minimum Gasteiger partial charge on any atom is -0.344 e. The molecule has 0 aliphatic carbocycles. The molecule has 2 rings (SSSR count). The average molecular weight is 135 g/mol. The van der Waals surface area contributed by atoms with E-state index in [4.69, 9.17) is 4.52 Å². The molecule has 2 heterocycles. The molecule has 10 heavy (non-hydrogen) atoms. The Balaban J connectivity index is 2.88. The molecule has 0 radical (unpaired) electrons. The molecular weight excluding hydrogens is 130 g/mol. The highest BCUT2D eigenvalue weighted by atomic mass is 16.5. The zero-order chi connectivity index (χ0) is 6.97. The number of aromatic nitrogens is 3. The molecule has 0 fully saturated rings. The number of hydrogen-bond acceptors (Lipinski definition) is 3. The predicted octanol–water partition coefficient (Wildman–Crippen LogP) is 0.965. The summed E-state index contributed by atoms with van der Waals surface area (Å²) in [4.78, 5) is 3.91. The van der Waals surface area contributed by atoms with Gasteiger partial charge in [0.05, 0.1) is 6.20 Å². The Hall–Kier alpha value is -1.58. The Morgan fingerprint density at radius 3 is 3.40 bits per heavy atom. The van der Waals surface area contributed by atoms with Gasteiger partial charge in [0.1, 0.15) is 0 Å². The van der Waals surface area contributed by atoms with Gasteiger partial charge in [0.2, 0.25) is 12.0 Å². The van der Waals surface area contributed by atoms with Crippen LogP contribution in [-0.4, -0.2) is 14.8 Å². The van der Waals surface area contributed by atoms with Crippen LogP contribution in [0.3, 0.4) is 0 Å². The molecule has 50 valence electrons. The standard InChI is InChI=1S/C6H5N3O/c1-2-5-3-8-9-6(5)7-4-10-9/h2-4H,1H2. The SMILES string of the molecule is C=Cc1cnn2ocnc12. The molecule has 0 unspecified atom stereocenters. The maximum Gasteiger partial charge on any atom is 0.214 e. The molecule has 0 saturated heterocycles. The van der Waals surface area contributed by atoms with Gasteiger partial charge in [-0.15, -0.1) is 5.10 Å². The van der Waals surface area contributed by atoms with Crippen LogP contribution in [0.5, 0.6) is 0 Å². The lowest BCUT2D eigenvalue weighted by atomic mass is 10.3. The first kappa shape index (κ1) is 5.22. The molecule has 0 spiro atoms. The van der Waals surface area contributed by atoms with Crippen LogP contribution in [0.2, 0.25) is 0 Å². The molecule has 0 saturated carbocycles. The summed E-state index contributed by atoms with van der Waals surface area (Å²) in [6, 6.07) is 0. The molecule has 4 nitrogen and oxygen atoms in total. The first-order valence-corrected chi connectivity index (χ1v) is 2.82. The van der Waals surface area contributed by atoms with E-state index in [1.54, 1.807) is 12.3 Å². The third kappa shape index (κ3) is 0.500. The van der Waals surface area contributed by atoms with Crippen molar-refractivity contribution in [1.29, 1.82) is 0 Å². The van der Waals surface area contributed by atoms with Gasteiger partial charge in [0.15, 0.2) is 0 Å². The molecule has 0 aliphatic heterocycles. The Kier molecular flexibility index (Phi) is 0.887. The summed E-state index contributed by atoms with van der Waals surface area (Å²) < 4.78 is 6.19. The summed E-state index contributed by atoms with van der Waals surface area (Å²) in [6.45, 7) is 3.60. The average Bonchev–Trinajstić information content (AvgIpc) is 2.44. The van der Waals surface area contributed by atoms with Crippen molar-refractivity contribution in [3.8, 4) is 0 Å². The minimum absolute atomic E-state index is 0.704. The highest BCUT2D eigenvalue weighted by Gasteiger charge is 2.01. The number of hydrogen-bond donors (Lipinski definition) is 0. The van der Waals surface area contributed by atoms with Crippen LogP contribution >= 0.6 is 0 Å². The summed E-state index contributed by atoms with van der Waals surface area (Å²) in [7, 11) is 0. The molecule has 0 aliphatic rings. The zero-order valence-electron chi connectivity index (χ0n) is 5.19. The van der Waals surface area contributed by atoms with Gasteiger partial charge in [0, 0.05) is 5.56 Å². The Morgan fingerprint density at radius 2 is 2.60 bits per heavy atom. The highest BCUT2D eigenvalue weighted by molar-refractivity contribution is 5.62. The van der Waals surface area contributed by atoms with Crippen molar-refractivity contribution in [2.45, 2.75) is 0 Å². The fraction of sp³-hybridized carbons (Fsp3) is 0. The fourth-order valence-electron chi connectivity index (χ4n) is 0.801. The second-order valence-corrected chi connectivity index (χ2v) is 1.84. The summed E-state index contributed by atoms with van der Waals surface area (Å²) in [5, 5.41) is 3.87. The lowest BCUT2D eigenvalue weighted by molar-refractivity contribution is 0.336. The van der Waals surface area contributed by atoms with Gasteiger partial charge >= 0.3 is 0 Å². The van der Waals surface area contributed by atoms with Crippen LogP contribution in [0.1, 0.15) is 5.56 Å². The summed E-state index contributed by atoms with van der Waals surface area (Å²) >= 11 is 0. The smallest absolute Gasteiger partial charge is 0.214 e. The molecule has 2 aromatic heterocycles. The maximum atomic E-state index is 4.85. The molecule has 0 atom stereocenters. The van der Waals surface area contributed by atoms with Crippen LogP contribution < -0.4 is 0 Å². The van der Waals surface area contributed by atoms with Gasteiger partial charge in [-0.2, -0.15) is 4.98 Å². The van der Waals surface area contributed by atoms with Crippen LogP contribution in [0.4, 0.5) is 0 Å².